The van der Waals surface area contributed by atoms with Crippen molar-refractivity contribution < 1.29 is 19.4 Å². The Bertz CT molecular complexity index is 666. The van der Waals surface area contributed by atoms with E-state index in [0.29, 0.717) is 11.0 Å². The molecule has 5 heteroatoms. The molecule has 0 spiro atoms. The van der Waals surface area contributed by atoms with E-state index in [0.717, 1.165) is 12.3 Å². The maximum atomic E-state index is 11.9. The van der Waals surface area contributed by atoms with Gasteiger partial charge in [0.05, 0.1) is 10.9 Å². The Morgan fingerprint density at radius 1 is 1.24 bits per heavy atom. The van der Waals surface area contributed by atoms with Crippen LogP contribution in [0.5, 0.6) is 0 Å². The summed E-state index contributed by atoms with van der Waals surface area (Å²) in [5, 5.41) is 17.9. The van der Waals surface area contributed by atoms with Crippen molar-refractivity contribution in [2.75, 3.05) is 0 Å². The van der Waals surface area contributed by atoms with Gasteiger partial charge in [0.15, 0.2) is 5.43 Å². The lowest BCUT2D eigenvalue weighted by atomic mass is 10.1. The zero-order chi connectivity index (χ0) is 12.4. The van der Waals surface area contributed by atoms with Crippen LogP contribution in [-0.4, -0.2) is 16.2 Å². The summed E-state index contributed by atoms with van der Waals surface area (Å²) in [7, 11) is 0. The van der Waals surface area contributed by atoms with E-state index in [2.05, 4.69) is 0 Å². The summed E-state index contributed by atoms with van der Waals surface area (Å²) < 4.78 is 5.16. The lowest BCUT2D eigenvalue weighted by molar-refractivity contribution is -0.135. The quantitative estimate of drug-likeness (QED) is 0.608. The molecule has 2 N–H and O–H groups in total. The molecule has 1 aromatic heterocycles. The highest BCUT2D eigenvalue weighted by atomic mass is 16.4. The van der Waals surface area contributed by atoms with E-state index in [1.54, 1.807) is 24.3 Å². The van der Waals surface area contributed by atoms with E-state index in [-0.39, 0.29) is 11.0 Å². The summed E-state index contributed by atoms with van der Waals surface area (Å²) in [5.74, 6) is -2.41. The molecule has 0 saturated carbocycles. The summed E-state index contributed by atoms with van der Waals surface area (Å²) in [6, 6.07) is 6.58. The van der Waals surface area contributed by atoms with Crippen LogP contribution in [0.2, 0.25) is 0 Å². The number of carbonyl (C=O) groups is 1. The zero-order valence-electron chi connectivity index (χ0n) is 8.58. The highest BCUT2D eigenvalue weighted by Gasteiger charge is 2.08. The smallest absolute Gasteiger partial charge is 0.370 e. The number of carboxylic acid groups (broad SMARTS) is 1. The fourth-order valence-corrected chi connectivity index (χ4v) is 1.40. The van der Waals surface area contributed by atoms with Gasteiger partial charge in [-0.1, -0.05) is 12.1 Å². The molecule has 0 aliphatic heterocycles. The van der Waals surface area contributed by atoms with Gasteiger partial charge in [0.1, 0.15) is 11.8 Å². The van der Waals surface area contributed by atoms with Crippen LogP contribution in [0.4, 0.5) is 0 Å². The van der Waals surface area contributed by atoms with Gasteiger partial charge in [-0.2, -0.15) is 0 Å². The predicted molar refractivity (Wildman–Crippen MR) is 60.7 cm³/mol. The van der Waals surface area contributed by atoms with Crippen LogP contribution in [0.1, 0.15) is 5.56 Å². The van der Waals surface area contributed by atoms with Crippen LogP contribution in [0, 0.1) is 0 Å². The Morgan fingerprint density at radius 2 is 1.94 bits per heavy atom. The standard InChI is InChI=1S/C12H8O5/c13-9(12(15)16)5-7-6-17-10-4-2-1-3-8(10)11(7)14/h1-6,13H,(H,15,16)/b9-5-. The molecule has 0 amide bonds. The second-order valence-corrected chi connectivity index (χ2v) is 3.35. The van der Waals surface area contributed by atoms with E-state index in [4.69, 9.17) is 14.6 Å². The number of rotatable bonds is 2. The molecule has 0 aliphatic rings. The Hall–Kier alpha value is -2.56. The Balaban J connectivity index is 2.66. The van der Waals surface area contributed by atoms with Crippen molar-refractivity contribution in [2.45, 2.75) is 0 Å². The van der Waals surface area contributed by atoms with E-state index >= 15 is 0 Å². The number of aliphatic hydroxyl groups excluding tert-OH is 1. The first-order valence-electron chi connectivity index (χ1n) is 4.74. The normalized spacial score (nSPS) is 11.6. The van der Waals surface area contributed by atoms with Crippen LogP contribution >= 0.6 is 0 Å². The second-order valence-electron chi connectivity index (χ2n) is 3.35. The van der Waals surface area contributed by atoms with Gasteiger partial charge < -0.3 is 14.6 Å². The number of benzene rings is 1. The molecule has 2 rings (SSSR count). The third-order valence-electron chi connectivity index (χ3n) is 2.22. The van der Waals surface area contributed by atoms with Gasteiger partial charge in [-0.3, -0.25) is 4.79 Å². The van der Waals surface area contributed by atoms with Crippen LogP contribution < -0.4 is 5.43 Å². The fourth-order valence-electron chi connectivity index (χ4n) is 1.40. The largest absolute Gasteiger partial charge is 0.502 e. The van der Waals surface area contributed by atoms with Gasteiger partial charge in [0, 0.05) is 6.08 Å². The minimum absolute atomic E-state index is 0.0106. The Labute approximate surface area is 95.2 Å². The monoisotopic (exact) mass is 232 g/mol. The molecular formula is C12H8O5. The molecule has 0 bridgehead atoms. The molecular weight excluding hydrogens is 224 g/mol. The third kappa shape index (κ3) is 2.03. The molecule has 0 radical (unpaired) electrons. The van der Waals surface area contributed by atoms with Gasteiger partial charge in [-0.05, 0) is 12.1 Å². The summed E-state index contributed by atoms with van der Waals surface area (Å²) in [5.41, 5.74) is 0.00714. The molecule has 1 heterocycles. The number of hydrogen-bond donors (Lipinski definition) is 2. The predicted octanol–water partition coefficient (Wildman–Crippen LogP) is 1.78. The number of aliphatic carboxylic acids is 1. The molecule has 2 aromatic rings. The van der Waals surface area contributed by atoms with Gasteiger partial charge in [0.2, 0.25) is 5.76 Å². The van der Waals surface area contributed by atoms with Crippen molar-refractivity contribution in [2.24, 2.45) is 0 Å². The van der Waals surface area contributed by atoms with Gasteiger partial charge in [-0.25, -0.2) is 4.79 Å². The summed E-state index contributed by atoms with van der Waals surface area (Å²) >= 11 is 0. The van der Waals surface area contributed by atoms with Gasteiger partial charge >= 0.3 is 5.97 Å². The summed E-state index contributed by atoms with van der Waals surface area (Å²) in [6.07, 6.45) is 1.98. The SMILES string of the molecule is O=C(O)/C(O)=C/c1coc2ccccc2c1=O. The second kappa shape index (κ2) is 4.13. The van der Waals surface area contributed by atoms with Crippen molar-refractivity contribution in [3.8, 4) is 0 Å². The summed E-state index contributed by atoms with van der Waals surface area (Å²) in [4.78, 5) is 22.3. The van der Waals surface area contributed by atoms with Crippen LogP contribution in [0.15, 0.2) is 45.5 Å². The highest BCUT2D eigenvalue weighted by molar-refractivity contribution is 5.90. The van der Waals surface area contributed by atoms with Crippen molar-refractivity contribution in [1.82, 2.24) is 0 Å². The van der Waals surface area contributed by atoms with Gasteiger partial charge in [0.25, 0.3) is 0 Å². The molecule has 0 saturated heterocycles. The third-order valence-corrected chi connectivity index (χ3v) is 2.22. The average molecular weight is 232 g/mol. The highest BCUT2D eigenvalue weighted by Crippen LogP contribution is 2.11. The number of para-hydroxylation sites is 1. The first kappa shape index (κ1) is 10.9. The molecule has 0 atom stereocenters. The van der Waals surface area contributed by atoms with Crippen LogP contribution in [-0.2, 0) is 4.79 Å². The lowest BCUT2D eigenvalue weighted by Gasteiger charge is -1.98. The molecule has 0 unspecified atom stereocenters. The molecule has 0 fully saturated rings. The topological polar surface area (TPSA) is 87.7 Å². The number of fused-ring (bicyclic) bond motifs is 1. The van der Waals surface area contributed by atoms with Crippen LogP contribution in [0.25, 0.3) is 17.0 Å². The maximum Gasteiger partial charge on any atom is 0.370 e. The number of hydrogen-bond acceptors (Lipinski definition) is 4. The first-order valence-corrected chi connectivity index (χ1v) is 4.74. The van der Waals surface area contributed by atoms with Crippen molar-refractivity contribution in [3.63, 3.8) is 0 Å². The summed E-state index contributed by atoms with van der Waals surface area (Å²) in [6.45, 7) is 0. The van der Waals surface area contributed by atoms with Crippen molar-refractivity contribution >= 4 is 23.0 Å². The van der Waals surface area contributed by atoms with E-state index < -0.39 is 11.7 Å². The zero-order valence-corrected chi connectivity index (χ0v) is 8.58. The Kier molecular flexibility index (Phi) is 2.66. The van der Waals surface area contributed by atoms with E-state index in [1.165, 1.54) is 0 Å². The van der Waals surface area contributed by atoms with Gasteiger partial charge in [-0.15, -0.1) is 0 Å². The molecule has 0 aliphatic carbocycles. The molecule has 5 nitrogen and oxygen atoms in total. The minimum Gasteiger partial charge on any atom is -0.502 e. The number of carboxylic acids is 1. The Morgan fingerprint density at radius 3 is 2.65 bits per heavy atom. The molecule has 86 valence electrons. The molecule has 1 aromatic carbocycles. The van der Waals surface area contributed by atoms with E-state index in [9.17, 15) is 9.59 Å². The fraction of sp³-hybridized carbons (Fsp3) is 0. The molecule has 17 heavy (non-hydrogen) atoms. The first-order chi connectivity index (χ1) is 8.09. The van der Waals surface area contributed by atoms with Crippen LogP contribution in [0.3, 0.4) is 0 Å². The van der Waals surface area contributed by atoms with E-state index in [1.807, 2.05) is 0 Å². The lowest BCUT2D eigenvalue weighted by Crippen LogP contribution is -2.07. The maximum absolute atomic E-state index is 11.9. The van der Waals surface area contributed by atoms with Crippen molar-refractivity contribution in [3.05, 3.63) is 52.1 Å². The number of aliphatic hydroxyl groups is 1. The average Bonchev–Trinajstić information content (AvgIpc) is 2.33. The minimum atomic E-state index is -1.50. The van der Waals surface area contributed by atoms with Crippen molar-refractivity contribution in [1.29, 1.82) is 0 Å².